The number of benzene rings is 1. The number of rotatable bonds is 5. The number of hydrogen-bond donors (Lipinski definition) is 1. The van der Waals surface area contributed by atoms with Crippen LogP contribution >= 0.6 is 11.6 Å². The van der Waals surface area contributed by atoms with Crippen molar-refractivity contribution in [2.24, 2.45) is 5.92 Å². The van der Waals surface area contributed by atoms with Gasteiger partial charge in [0.15, 0.2) is 0 Å². The maximum absolute atomic E-state index is 13.3. The van der Waals surface area contributed by atoms with Crippen LogP contribution in [0, 0.1) is 21.8 Å². The second-order valence-electron chi connectivity index (χ2n) is 4.79. The van der Waals surface area contributed by atoms with E-state index in [-0.39, 0.29) is 22.5 Å². The summed E-state index contributed by atoms with van der Waals surface area (Å²) in [6.07, 6.45) is 1.98. The van der Waals surface area contributed by atoms with Crippen LogP contribution in [0.4, 0.5) is 15.8 Å². The highest BCUT2D eigenvalue weighted by Gasteiger charge is 2.27. The van der Waals surface area contributed by atoms with Gasteiger partial charge in [-0.15, -0.1) is 0 Å². The van der Waals surface area contributed by atoms with Crippen LogP contribution in [0.3, 0.4) is 0 Å². The first kappa shape index (κ1) is 15.0. The van der Waals surface area contributed by atoms with Crippen molar-refractivity contribution in [3.63, 3.8) is 0 Å². The van der Waals surface area contributed by atoms with Crippen molar-refractivity contribution >= 4 is 23.0 Å². The van der Waals surface area contributed by atoms with E-state index in [2.05, 4.69) is 5.32 Å². The third-order valence-corrected chi connectivity index (χ3v) is 3.83. The van der Waals surface area contributed by atoms with Crippen LogP contribution in [0.2, 0.25) is 5.02 Å². The lowest BCUT2D eigenvalue weighted by atomic mass is 9.99. The standard InChI is InChI=1S/C13H16ClFN2O3/c1-2-13-8(3-4-20-13)7-16-11-5-9(14)10(15)6-12(11)17(18)19/h5-6,8,13,16H,2-4,7H2,1H3. The molecule has 2 atom stereocenters. The molecule has 1 fully saturated rings. The highest BCUT2D eigenvalue weighted by atomic mass is 35.5. The van der Waals surface area contributed by atoms with Gasteiger partial charge in [0.1, 0.15) is 11.5 Å². The van der Waals surface area contributed by atoms with Crippen molar-refractivity contribution < 1.29 is 14.1 Å². The second kappa shape index (κ2) is 6.37. The molecule has 0 amide bonds. The fourth-order valence-electron chi connectivity index (χ4n) is 2.45. The smallest absolute Gasteiger partial charge is 0.295 e. The zero-order valence-electron chi connectivity index (χ0n) is 11.1. The van der Waals surface area contributed by atoms with Crippen molar-refractivity contribution in [2.45, 2.75) is 25.9 Å². The number of anilines is 1. The summed E-state index contributed by atoms with van der Waals surface area (Å²) in [5.41, 5.74) is -0.0676. The molecule has 0 aromatic heterocycles. The Morgan fingerprint density at radius 2 is 2.35 bits per heavy atom. The monoisotopic (exact) mass is 302 g/mol. The van der Waals surface area contributed by atoms with Gasteiger partial charge in [0.25, 0.3) is 5.69 Å². The molecule has 0 radical (unpaired) electrons. The van der Waals surface area contributed by atoms with Crippen molar-refractivity contribution in [3.05, 3.63) is 33.1 Å². The van der Waals surface area contributed by atoms with Crippen LogP contribution in [0.1, 0.15) is 19.8 Å². The largest absolute Gasteiger partial charge is 0.379 e. The first-order chi connectivity index (χ1) is 9.52. The van der Waals surface area contributed by atoms with Gasteiger partial charge in [-0.2, -0.15) is 0 Å². The minimum Gasteiger partial charge on any atom is -0.379 e. The lowest BCUT2D eigenvalue weighted by molar-refractivity contribution is -0.384. The van der Waals surface area contributed by atoms with Crippen LogP contribution in [0.5, 0.6) is 0 Å². The first-order valence-corrected chi connectivity index (χ1v) is 6.89. The van der Waals surface area contributed by atoms with E-state index in [9.17, 15) is 14.5 Å². The van der Waals surface area contributed by atoms with E-state index in [0.29, 0.717) is 19.1 Å². The summed E-state index contributed by atoms with van der Waals surface area (Å²) in [6, 6.07) is 2.10. The SMILES string of the molecule is CCC1OCCC1CNc1cc(Cl)c(F)cc1[N+](=O)[O-]. The van der Waals surface area contributed by atoms with Crippen molar-refractivity contribution in [1.82, 2.24) is 0 Å². The maximum atomic E-state index is 13.3. The van der Waals surface area contributed by atoms with Crippen LogP contribution in [0.25, 0.3) is 0 Å². The normalized spacial score (nSPS) is 21.9. The quantitative estimate of drug-likeness (QED) is 0.666. The van der Waals surface area contributed by atoms with Crippen molar-refractivity contribution in [3.8, 4) is 0 Å². The van der Waals surface area contributed by atoms with Gasteiger partial charge in [0.05, 0.1) is 22.1 Å². The Morgan fingerprint density at radius 1 is 1.60 bits per heavy atom. The minimum absolute atomic E-state index is 0.132. The lowest BCUT2D eigenvalue weighted by Crippen LogP contribution is -2.23. The molecule has 0 aliphatic carbocycles. The van der Waals surface area contributed by atoms with Gasteiger partial charge in [-0.05, 0) is 18.9 Å². The van der Waals surface area contributed by atoms with Gasteiger partial charge in [-0.1, -0.05) is 18.5 Å². The molecular formula is C13H16ClFN2O3. The van der Waals surface area contributed by atoms with E-state index >= 15 is 0 Å². The molecule has 0 saturated carbocycles. The summed E-state index contributed by atoms with van der Waals surface area (Å²) < 4.78 is 18.9. The van der Waals surface area contributed by atoms with Crippen LogP contribution in [0.15, 0.2) is 12.1 Å². The molecule has 1 aromatic carbocycles. The predicted molar refractivity (Wildman–Crippen MR) is 74.7 cm³/mol. The van der Waals surface area contributed by atoms with Crippen molar-refractivity contribution in [2.75, 3.05) is 18.5 Å². The second-order valence-corrected chi connectivity index (χ2v) is 5.19. The number of nitro benzene ring substituents is 1. The average molecular weight is 303 g/mol. The van der Waals surface area contributed by atoms with Gasteiger partial charge in [-0.3, -0.25) is 10.1 Å². The molecule has 0 bridgehead atoms. The number of nitro groups is 1. The Balaban J connectivity index is 2.12. The van der Waals surface area contributed by atoms with E-state index in [1.54, 1.807) is 0 Å². The van der Waals surface area contributed by atoms with Crippen molar-refractivity contribution in [1.29, 1.82) is 0 Å². The number of hydrogen-bond acceptors (Lipinski definition) is 4. The van der Waals surface area contributed by atoms with Gasteiger partial charge >= 0.3 is 0 Å². The highest BCUT2D eigenvalue weighted by Crippen LogP contribution is 2.31. The lowest BCUT2D eigenvalue weighted by Gasteiger charge is -2.18. The number of halogens is 2. The van der Waals surface area contributed by atoms with Gasteiger partial charge in [0, 0.05) is 19.1 Å². The van der Waals surface area contributed by atoms with Crippen LogP contribution < -0.4 is 5.32 Å². The molecule has 2 unspecified atom stereocenters. The fraction of sp³-hybridized carbons (Fsp3) is 0.538. The number of ether oxygens (including phenoxy) is 1. The van der Waals surface area contributed by atoms with E-state index in [1.807, 2.05) is 6.92 Å². The van der Waals surface area contributed by atoms with E-state index in [1.165, 1.54) is 6.07 Å². The Hall–Kier alpha value is -1.40. The molecule has 7 heteroatoms. The molecule has 1 aliphatic rings. The van der Waals surface area contributed by atoms with Gasteiger partial charge < -0.3 is 10.1 Å². The summed E-state index contributed by atoms with van der Waals surface area (Å²) >= 11 is 5.68. The molecule has 1 heterocycles. The first-order valence-electron chi connectivity index (χ1n) is 6.51. The van der Waals surface area contributed by atoms with Crippen LogP contribution in [-0.4, -0.2) is 24.2 Å². The van der Waals surface area contributed by atoms with Gasteiger partial charge in [-0.25, -0.2) is 4.39 Å². The molecule has 1 N–H and O–H groups in total. The van der Waals surface area contributed by atoms with Gasteiger partial charge in [0.2, 0.25) is 0 Å². The minimum atomic E-state index is -0.792. The highest BCUT2D eigenvalue weighted by molar-refractivity contribution is 6.31. The molecule has 2 rings (SSSR count). The Labute approximate surface area is 121 Å². The fourth-order valence-corrected chi connectivity index (χ4v) is 2.61. The van der Waals surface area contributed by atoms with Crippen LogP contribution in [-0.2, 0) is 4.74 Å². The topological polar surface area (TPSA) is 64.4 Å². The summed E-state index contributed by atoms with van der Waals surface area (Å²) in [6.45, 7) is 3.29. The third-order valence-electron chi connectivity index (χ3n) is 3.54. The predicted octanol–water partition coefficient (Wildman–Crippen LogP) is 3.61. The zero-order chi connectivity index (χ0) is 14.7. The van der Waals surface area contributed by atoms with E-state index in [4.69, 9.17) is 16.3 Å². The Kier molecular flexibility index (Phi) is 4.77. The summed E-state index contributed by atoms with van der Waals surface area (Å²) in [5.74, 6) is -0.497. The Bertz CT molecular complexity index is 513. The number of nitrogens with one attached hydrogen (secondary N) is 1. The summed E-state index contributed by atoms with van der Waals surface area (Å²) in [5, 5.41) is 13.8. The molecule has 20 heavy (non-hydrogen) atoms. The molecule has 1 aromatic rings. The van der Waals surface area contributed by atoms with E-state index in [0.717, 1.165) is 18.9 Å². The molecule has 5 nitrogen and oxygen atoms in total. The molecule has 0 spiro atoms. The molecule has 110 valence electrons. The maximum Gasteiger partial charge on any atom is 0.295 e. The van der Waals surface area contributed by atoms with E-state index < -0.39 is 10.7 Å². The Morgan fingerprint density at radius 3 is 3.00 bits per heavy atom. The third kappa shape index (κ3) is 3.19. The average Bonchev–Trinajstić information content (AvgIpc) is 2.86. The molecular weight excluding hydrogens is 287 g/mol. The molecule has 1 aliphatic heterocycles. The zero-order valence-corrected chi connectivity index (χ0v) is 11.8. The number of nitrogens with zero attached hydrogens (tertiary/aromatic N) is 1. The summed E-state index contributed by atoms with van der Waals surface area (Å²) in [4.78, 5) is 10.3. The molecule has 1 saturated heterocycles. The summed E-state index contributed by atoms with van der Waals surface area (Å²) in [7, 11) is 0.